The monoisotopic (exact) mass is 394 g/mol. The summed E-state index contributed by atoms with van der Waals surface area (Å²) in [5.41, 5.74) is 2.21. The van der Waals surface area contributed by atoms with Crippen LogP contribution in [0.4, 0.5) is 0 Å². The van der Waals surface area contributed by atoms with Crippen molar-refractivity contribution in [1.29, 1.82) is 0 Å². The summed E-state index contributed by atoms with van der Waals surface area (Å²) in [5, 5.41) is 1.99. The number of thioether (sulfide) groups is 1. The predicted octanol–water partition coefficient (Wildman–Crippen LogP) is 6.23. The van der Waals surface area contributed by atoms with E-state index in [1.165, 1.54) is 5.56 Å². The van der Waals surface area contributed by atoms with Crippen LogP contribution in [0.2, 0.25) is 0 Å². The Labute approximate surface area is 159 Å². The summed E-state index contributed by atoms with van der Waals surface area (Å²) in [4.78, 5) is 0. The summed E-state index contributed by atoms with van der Waals surface area (Å²) in [6.07, 6.45) is 0. The van der Waals surface area contributed by atoms with Crippen molar-refractivity contribution < 1.29 is 13.6 Å². The first kappa shape index (κ1) is 20.2. The fourth-order valence-corrected chi connectivity index (χ4v) is 5.02. The second-order valence-corrected chi connectivity index (χ2v) is 8.81. The molecule has 0 saturated heterocycles. The van der Waals surface area contributed by atoms with Crippen LogP contribution in [0.25, 0.3) is 5.76 Å². The maximum absolute atomic E-state index is 6.06. The van der Waals surface area contributed by atoms with Gasteiger partial charge in [-0.3, -0.25) is 9.05 Å². The van der Waals surface area contributed by atoms with Crippen LogP contribution in [0, 0.1) is 0 Å². The third-order valence-electron chi connectivity index (χ3n) is 3.13. The minimum atomic E-state index is -2.80. The van der Waals surface area contributed by atoms with E-state index in [-0.39, 0.29) is 0 Å². The molecular formula is C19H23O3PS2. The molecule has 2 aromatic carbocycles. The van der Waals surface area contributed by atoms with E-state index in [0.29, 0.717) is 19.0 Å². The van der Waals surface area contributed by atoms with E-state index in [2.05, 4.69) is 12.1 Å². The first-order valence-corrected chi connectivity index (χ1v) is 11.8. The van der Waals surface area contributed by atoms with Crippen molar-refractivity contribution in [2.45, 2.75) is 19.6 Å². The lowest BCUT2D eigenvalue weighted by Crippen LogP contribution is -2.00. The topological polar surface area (TPSA) is 27.7 Å². The van der Waals surface area contributed by atoms with Gasteiger partial charge in [-0.05, 0) is 19.4 Å². The highest BCUT2D eigenvalue weighted by atomic mass is 32.5. The molecule has 0 unspecified atom stereocenters. The van der Waals surface area contributed by atoms with Gasteiger partial charge in [-0.15, -0.1) is 11.8 Å². The number of rotatable bonds is 10. The Hall–Kier alpha value is -1.10. The summed E-state index contributed by atoms with van der Waals surface area (Å²) in [6, 6.07) is 20.2. The minimum Gasteiger partial charge on any atom is -0.423 e. The summed E-state index contributed by atoms with van der Waals surface area (Å²) < 4.78 is 17.3. The lowest BCUT2D eigenvalue weighted by molar-refractivity contribution is 0.210. The third-order valence-corrected chi connectivity index (χ3v) is 6.43. The molecule has 25 heavy (non-hydrogen) atoms. The highest BCUT2D eigenvalue weighted by Gasteiger charge is 2.23. The molecule has 0 radical (unpaired) electrons. The second kappa shape index (κ2) is 10.8. The fourth-order valence-electron chi connectivity index (χ4n) is 2.06. The van der Waals surface area contributed by atoms with Crippen LogP contribution in [0.5, 0.6) is 0 Å². The average molecular weight is 394 g/mol. The SMILES string of the molecule is CCOP(=S)(OCC)O/C(=C\SCc1ccccc1)c1ccccc1. The second-order valence-electron chi connectivity index (χ2n) is 5.02. The van der Waals surface area contributed by atoms with E-state index < -0.39 is 6.72 Å². The summed E-state index contributed by atoms with van der Waals surface area (Å²) in [7, 11) is 0. The van der Waals surface area contributed by atoms with Crippen LogP contribution < -0.4 is 0 Å². The van der Waals surface area contributed by atoms with Crippen LogP contribution in [0.1, 0.15) is 25.0 Å². The molecule has 6 heteroatoms. The molecule has 3 nitrogen and oxygen atoms in total. The zero-order valence-corrected chi connectivity index (χ0v) is 17.0. The minimum absolute atomic E-state index is 0.455. The van der Waals surface area contributed by atoms with Gasteiger partial charge in [-0.2, -0.15) is 0 Å². The Bertz CT molecular complexity index is 695. The molecule has 0 aliphatic carbocycles. The van der Waals surface area contributed by atoms with Crippen molar-refractivity contribution in [3.63, 3.8) is 0 Å². The number of benzene rings is 2. The molecule has 0 spiro atoms. The lowest BCUT2D eigenvalue weighted by atomic mass is 10.2. The summed E-state index contributed by atoms with van der Waals surface area (Å²) in [6.45, 7) is 1.89. The average Bonchev–Trinajstić information content (AvgIpc) is 2.63. The zero-order valence-electron chi connectivity index (χ0n) is 14.5. The molecule has 0 atom stereocenters. The standard InChI is InChI=1S/C19H23O3PS2/c1-3-20-23(24,21-4-2)22-19(18-13-9-6-10-14-18)16-25-15-17-11-7-5-8-12-17/h5-14,16H,3-4,15H2,1-2H3/b19-16-. The molecule has 0 fully saturated rings. The largest absolute Gasteiger partial charge is 0.423 e. The first-order valence-electron chi connectivity index (χ1n) is 8.16. The van der Waals surface area contributed by atoms with Crippen molar-refractivity contribution in [3.8, 4) is 0 Å². The third kappa shape index (κ3) is 6.96. The van der Waals surface area contributed by atoms with Gasteiger partial charge in [-0.25, -0.2) is 0 Å². The van der Waals surface area contributed by atoms with E-state index in [1.807, 2.05) is 67.8 Å². The van der Waals surface area contributed by atoms with Gasteiger partial charge in [0.25, 0.3) is 0 Å². The highest BCUT2D eigenvalue weighted by molar-refractivity contribution is 8.07. The Kier molecular flexibility index (Phi) is 8.73. The Morgan fingerprint density at radius 3 is 2.08 bits per heavy atom. The van der Waals surface area contributed by atoms with Gasteiger partial charge in [0.15, 0.2) is 0 Å². The van der Waals surface area contributed by atoms with Gasteiger partial charge in [0.1, 0.15) is 5.76 Å². The molecule has 0 N–H and O–H groups in total. The maximum Gasteiger partial charge on any atom is 0.380 e. The van der Waals surface area contributed by atoms with Crippen LogP contribution in [0.15, 0.2) is 66.1 Å². The predicted molar refractivity (Wildman–Crippen MR) is 111 cm³/mol. The van der Waals surface area contributed by atoms with Crippen molar-refractivity contribution in [1.82, 2.24) is 0 Å². The molecule has 0 aliphatic rings. The van der Waals surface area contributed by atoms with Gasteiger partial charge in [0.05, 0.1) is 13.2 Å². The van der Waals surface area contributed by atoms with E-state index in [0.717, 1.165) is 11.3 Å². The quantitative estimate of drug-likeness (QED) is 0.352. The summed E-state index contributed by atoms with van der Waals surface area (Å²) >= 11 is 7.17. The Morgan fingerprint density at radius 1 is 0.960 bits per heavy atom. The van der Waals surface area contributed by atoms with Gasteiger partial charge in [0.2, 0.25) is 0 Å². The molecular weight excluding hydrogens is 371 g/mol. The van der Waals surface area contributed by atoms with Crippen LogP contribution in [-0.4, -0.2) is 13.2 Å². The number of hydrogen-bond donors (Lipinski definition) is 0. The van der Waals surface area contributed by atoms with Crippen molar-refractivity contribution in [3.05, 3.63) is 77.2 Å². The fraction of sp³-hybridized carbons (Fsp3) is 0.263. The first-order chi connectivity index (χ1) is 12.2. The Balaban J connectivity index is 2.18. The molecule has 0 bridgehead atoms. The normalized spacial score (nSPS) is 12.2. The van der Waals surface area contributed by atoms with Crippen molar-refractivity contribution >= 4 is 36.0 Å². The van der Waals surface area contributed by atoms with Gasteiger partial charge >= 0.3 is 6.72 Å². The maximum atomic E-state index is 6.06. The van der Waals surface area contributed by atoms with Crippen molar-refractivity contribution in [2.24, 2.45) is 0 Å². The highest BCUT2D eigenvalue weighted by Crippen LogP contribution is 2.53. The van der Waals surface area contributed by atoms with Gasteiger partial charge in [0, 0.05) is 28.5 Å². The van der Waals surface area contributed by atoms with E-state index in [1.54, 1.807) is 11.8 Å². The van der Waals surface area contributed by atoms with Crippen LogP contribution in [0.3, 0.4) is 0 Å². The molecule has 2 rings (SSSR count). The van der Waals surface area contributed by atoms with E-state index in [4.69, 9.17) is 25.4 Å². The smallest absolute Gasteiger partial charge is 0.380 e. The molecule has 0 aromatic heterocycles. The van der Waals surface area contributed by atoms with Gasteiger partial charge in [-0.1, -0.05) is 60.7 Å². The molecule has 2 aromatic rings. The van der Waals surface area contributed by atoms with E-state index >= 15 is 0 Å². The van der Waals surface area contributed by atoms with Crippen LogP contribution in [-0.2, 0) is 31.1 Å². The molecule has 0 heterocycles. The zero-order chi connectivity index (χ0) is 18.0. The van der Waals surface area contributed by atoms with Crippen molar-refractivity contribution in [2.75, 3.05) is 13.2 Å². The summed E-state index contributed by atoms with van der Waals surface area (Å²) in [5.74, 6) is 1.54. The van der Waals surface area contributed by atoms with E-state index in [9.17, 15) is 0 Å². The Morgan fingerprint density at radius 2 is 1.52 bits per heavy atom. The molecule has 0 amide bonds. The lowest BCUT2D eigenvalue weighted by Gasteiger charge is -2.22. The molecule has 0 saturated carbocycles. The molecule has 0 aliphatic heterocycles. The number of hydrogen-bond acceptors (Lipinski definition) is 5. The molecule has 134 valence electrons. The van der Waals surface area contributed by atoms with Crippen LogP contribution >= 0.6 is 18.5 Å². The van der Waals surface area contributed by atoms with Gasteiger partial charge < -0.3 is 4.52 Å².